The minimum absolute atomic E-state index is 0.00340. The smallest absolute Gasteiger partial charge is 0.227 e. The van der Waals surface area contributed by atoms with Gasteiger partial charge in [-0.2, -0.15) is 4.52 Å². The number of likely N-dealkylation sites (tertiary alicyclic amines) is 1. The first-order chi connectivity index (χ1) is 18.3. The highest BCUT2D eigenvalue weighted by Crippen LogP contribution is 2.27. The summed E-state index contributed by atoms with van der Waals surface area (Å²) in [5.41, 5.74) is 6.93. The Kier molecular flexibility index (Phi) is 12.5. The fourth-order valence-electron chi connectivity index (χ4n) is 4.02. The highest BCUT2D eigenvalue weighted by atomic mass is 19.1. The molecule has 2 amide bonds. The first kappa shape index (κ1) is 31.6. The lowest BCUT2D eigenvalue weighted by molar-refractivity contribution is -0.134. The number of rotatable bonds is 7. The van der Waals surface area contributed by atoms with Crippen molar-refractivity contribution in [1.29, 1.82) is 0 Å². The molecule has 1 aliphatic heterocycles. The van der Waals surface area contributed by atoms with Crippen LogP contribution >= 0.6 is 0 Å². The normalized spacial score (nSPS) is 14.0. The maximum atomic E-state index is 14.2. The molecule has 1 saturated heterocycles. The molecule has 1 aliphatic rings. The average Bonchev–Trinajstić information content (AvgIpc) is 3.53. The third kappa shape index (κ3) is 7.10. The van der Waals surface area contributed by atoms with Crippen molar-refractivity contribution in [1.82, 2.24) is 29.4 Å². The van der Waals surface area contributed by atoms with Crippen LogP contribution < -0.4 is 10.5 Å². The van der Waals surface area contributed by atoms with Gasteiger partial charge in [-0.15, -0.1) is 30.8 Å². The number of benzene rings is 1. The molecule has 11 heteroatoms. The lowest BCUT2D eigenvalue weighted by atomic mass is 10.1. The summed E-state index contributed by atoms with van der Waals surface area (Å²) < 4.78 is 20.6. The van der Waals surface area contributed by atoms with Crippen LogP contribution in [-0.2, 0) is 16.0 Å². The average molecular weight is 526 g/mol. The van der Waals surface area contributed by atoms with Gasteiger partial charge in [0.2, 0.25) is 17.8 Å². The second kappa shape index (κ2) is 15.0. The van der Waals surface area contributed by atoms with E-state index >= 15 is 0 Å². The molecule has 1 fully saturated rings. The second-order valence-electron chi connectivity index (χ2n) is 8.13. The molecule has 1 aromatic carbocycles. The Labute approximate surface area is 223 Å². The Morgan fingerprint density at radius 3 is 2.45 bits per heavy atom. The van der Waals surface area contributed by atoms with E-state index in [0.29, 0.717) is 41.9 Å². The van der Waals surface area contributed by atoms with Crippen LogP contribution in [0.15, 0.2) is 12.1 Å². The number of carbonyl (C=O) groups is 2. The molecule has 0 spiro atoms. The van der Waals surface area contributed by atoms with Crippen molar-refractivity contribution in [2.45, 2.75) is 39.5 Å². The van der Waals surface area contributed by atoms with Crippen LogP contribution in [0, 0.1) is 37.4 Å². The molecule has 0 aliphatic carbocycles. The third-order valence-corrected chi connectivity index (χ3v) is 5.82. The Morgan fingerprint density at radius 1 is 1.21 bits per heavy atom. The molecule has 0 saturated carbocycles. The number of carbonyl (C=O) groups excluding carboxylic acids is 2. The number of nitrogens with zero attached hydrogens (tertiary/aromatic N) is 6. The van der Waals surface area contributed by atoms with Crippen molar-refractivity contribution in [2.24, 2.45) is 5.92 Å². The molecular weight excluding hydrogens is 489 g/mol. The summed E-state index contributed by atoms with van der Waals surface area (Å²) >= 11 is 0. The predicted molar refractivity (Wildman–Crippen MR) is 147 cm³/mol. The van der Waals surface area contributed by atoms with Crippen LogP contribution in [0.25, 0.3) is 16.6 Å². The second-order valence-corrected chi connectivity index (χ2v) is 8.13. The van der Waals surface area contributed by atoms with E-state index in [-0.39, 0.29) is 35.9 Å². The number of methoxy groups -OCH3 is 1. The molecule has 204 valence electrons. The maximum absolute atomic E-state index is 14.2. The SMILES string of the molecule is C#C.C#C.CC.COc1cc2nc(N)n3nc(CCCCN(C)C(=O)C4CC(=O)N(C)C4)nc3c2cc1F. The van der Waals surface area contributed by atoms with E-state index in [4.69, 9.17) is 10.5 Å². The van der Waals surface area contributed by atoms with Crippen LogP contribution in [0.2, 0.25) is 0 Å². The van der Waals surface area contributed by atoms with Gasteiger partial charge >= 0.3 is 0 Å². The van der Waals surface area contributed by atoms with Crippen LogP contribution in [-0.4, -0.2) is 75.5 Å². The Morgan fingerprint density at radius 2 is 1.87 bits per heavy atom. The number of halogens is 1. The Balaban J connectivity index is 0.00000112. The quantitative estimate of drug-likeness (QED) is 0.372. The van der Waals surface area contributed by atoms with E-state index in [2.05, 4.69) is 40.8 Å². The van der Waals surface area contributed by atoms with Crippen LogP contribution in [0.1, 0.15) is 38.9 Å². The molecule has 10 nitrogen and oxygen atoms in total. The van der Waals surface area contributed by atoms with E-state index in [1.165, 1.54) is 23.8 Å². The van der Waals surface area contributed by atoms with Gasteiger partial charge in [-0.1, -0.05) is 13.8 Å². The molecule has 4 rings (SSSR count). The van der Waals surface area contributed by atoms with Gasteiger partial charge in [0.05, 0.1) is 18.5 Å². The molecule has 1 unspecified atom stereocenters. The number of ether oxygens (including phenoxy) is 1. The van der Waals surface area contributed by atoms with Crippen LogP contribution in [0.5, 0.6) is 5.75 Å². The highest BCUT2D eigenvalue weighted by molar-refractivity contribution is 5.93. The monoisotopic (exact) mass is 525 g/mol. The number of anilines is 1. The Hall–Kier alpha value is -4.38. The molecule has 2 aromatic heterocycles. The summed E-state index contributed by atoms with van der Waals surface area (Å²) in [5.74, 6) is 0.0354. The van der Waals surface area contributed by atoms with E-state index in [9.17, 15) is 14.0 Å². The van der Waals surface area contributed by atoms with Gasteiger partial charge in [0.25, 0.3) is 0 Å². The minimum Gasteiger partial charge on any atom is -0.494 e. The number of hydrogen-bond acceptors (Lipinski definition) is 7. The van der Waals surface area contributed by atoms with E-state index < -0.39 is 5.82 Å². The molecule has 3 heterocycles. The number of fused-ring (bicyclic) bond motifs is 3. The zero-order valence-electron chi connectivity index (χ0n) is 22.6. The first-order valence-corrected chi connectivity index (χ1v) is 12.1. The zero-order chi connectivity index (χ0) is 29.0. The van der Waals surface area contributed by atoms with Gasteiger partial charge in [0, 0.05) is 51.5 Å². The number of nitrogens with two attached hydrogens (primary N) is 1. The van der Waals surface area contributed by atoms with Crippen molar-refractivity contribution in [3.05, 3.63) is 23.8 Å². The number of terminal acetylenes is 2. The van der Waals surface area contributed by atoms with E-state index in [1.807, 2.05) is 13.8 Å². The zero-order valence-corrected chi connectivity index (χ0v) is 22.6. The lowest BCUT2D eigenvalue weighted by Crippen LogP contribution is -2.34. The van der Waals surface area contributed by atoms with Gasteiger partial charge in [0.15, 0.2) is 23.0 Å². The van der Waals surface area contributed by atoms with Crippen molar-refractivity contribution < 1.29 is 18.7 Å². The van der Waals surface area contributed by atoms with Gasteiger partial charge in [0.1, 0.15) is 0 Å². The fourth-order valence-corrected chi connectivity index (χ4v) is 4.02. The maximum Gasteiger partial charge on any atom is 0.227 e. The van der Waals surface area contributed by atoms with Crippen molar-refractivity contribution in [2.75, 3.05) is 40.0 Å². The van der Waals surface area contributed by atoms with Crippen molar-refractivity contribution in [3.8, 4) is 31.4 Å². The highest BCUT2D eigenvalue weighted by Gasteiger charge is 2.33. The third-order valence-electron chi connectivity index (χ3n) is 5.82. The largest absolute Gasteiger partial charge is 0.494 e. The van der Waals surface area contributed by atoms with Gasteiger partial charge in [-0.05, 0) is 18.9 Å². The van der Waals surface area contributed by atoms with Gasteiger partial charge in [-0.3, -0.25) is 9.59 Å². The fraction of sp³-hybridized carbons (Fsp3) is 0.444. The molecule has 1 atom stereocenters. The summed E-state index contributed by atoms with van der Waals surface area (Å²) in [4.78, 5) is 36.2. The summed E-state index contributed by atoms with van der Waals surface area (Å²) in [5, 5.41) is 4.90. The van der Waals surface area contributed by atoms with Crippen LogP contribution in [0.4, 0.5) is 10.3 Å². The number of nitrogen functional groups attached to an aromatic ring is 1. The molecule has 0 bridgehead atoms. The van der Waals surface area contributed by atoms with Crippen molar-refractivity contribution in [3.63, 3.8) is 0 Å². The minimum atomic E-state index is -0.513. The molecule has 2 N–H and O–H groups in total. The number of unbranched alkanes of at least 4 members (excludes halogenated alkanes) is 1. The molecule has 3 aromatic rings. The van der Waals surface area contributed by atoms with Gasteiger partial charge < -0.3 is 20.3 Å². The summed E-state index contributed by atoms with van der Waals surface area (Å²) in [6.07, 6.45) is 18.4. The summed E-state index contributed by atoms with van der Waals surface area (Å²) in [6, 6.07) is 2.80. The van der Waals surface area contributed by atoms with Crippen molar-refractivity contribution >= 4 is 34.3 Å². The topological polar surface area (TPSA) is 119 Å². The van der Waals surface area contributed by atoms with Gasteiger partial charge in [-0.25, -0.2) is 14.4 Å². The first-order valence-electron chi connectivity index (χ1n) is 12.1. The number of aromatic nitrogens is 4. The van der Waals surface area contributed by atoms with E-state index in [1.54, 1.807) is 23.9 Å². The summed E-state index contributed by atoms with van der Waals surface area (Å²) in [6.45, 7) is 5.06. The number of aryl methyl sites for hydroxylation is 1. The Bertz CT molecular complexity index is 1280. The summed E-state index contributed by atoms with van der Waals surface area (Å²) in [7, 11) is 4.86. The van der Waals surface area contributed by atoms with E-state index in [0.717, 1.165) is 12.8 Å². The molecule has 38 heavy (non-hydrogen) atoms. The predicted octanol–water partition coefficient (Wildman–Crippen LogP) is 2.79. The van der Waals surface area contributed by atoms with Crippen LogP contribution in [0.3, 0.4) is 0 Å². The number of hydrogen-bond donors (Lipinski definition) is 1. The number of amides is 2. The molecule has 0 radical (unpaired) electrons. The standard InChI is InChI=1S/C21H26FN7O3.C2H6.2C2H2/c1-27(20(31)12-8-18(30)28(2)11-12)7-5-4-6-17-25-19-13-9-14(22)16(32-3)10-15(13)24-21(23)29(19)26-17;3*1-2/h9-10,12H,4-8,11H2,1-3H3,(H2,23,24);1-2H3;2*1-2H. The molecular formula is C27H36FN7O3. The lowest BCUT2D eigenvalue weighted by Gasteiger charge is -2.20.